The van der Waals surface area contributed by atoms with Gasteiger partial charge in [-0.05, 0) is 49.1 Å². The molecule has 0 saturated heterocycles. The van der Waals surface area contributed by atoms with Crippen molar-refractivity contribution in [3.8, 4) is 0 Å². The number of nitrogens with two attached hydrogens (primary N) is 1. The minimum atomic E-state index is -0.138. The smallest absolute Gasteiger partial charge is 0.348 e. The van der Waals surface area contributed by atoms with E-state index >= 15 is 0 Å². The van der Waals surface area contributed by atoms with Crippen molar-refractivity contribution < 1.29 is 14.7 Å². The number of esters is 1. The van der Waals surface area contributed by atoms with Crippen molar-refractivity contribution in [2.45, 2.75) is 32.6 Å². The number of carbonyl (C=O) groups is 1. The van der Waals surface area contributed by atoms with E-state index < -0.39 is 0 Å². The van der Waals surface area contributed by atoms with Crippen LogP contribution in [0.2, 0.25) is 0 Å². The average Bonchev–Trinajstić information content (AvgIpc) is 2.76. The maximum absolute atomic E-state index is 11.6. The number of thiophene rings is 1. The summed E-state index contributed by atoms with van der Waals surface area (Å²) in [7, 11) is 0. The summed E-state index contributed by atoms with van der Waals surface area (Å²) >= 11 is 1.54. The van der Waals surface area contributed by atoms with Gasteiger partial charge in [0.2, 0.25) is 0 Å². The van der Waals surface area contributed by atoms with Crippen LogP contribution in [0.4, 0.5) is 0 Å². The van der Waals surface area contributed by atoms with Crippen LogP contribution in [-0.4, -0.2) is 17.8 Å². The molecule has 1 aromatic heterocycles. The summed E-state index contributed by atoms with van der Waals surface area (Å²) in [6.45, 7) is 2.31. The highest BCUT2D eigenvalue weighted by atomic mass is 32.1. The molecule has 0 unspecified atom stereocenters. The van der Waals surface area contributed by atoms with Crippen LogP contribution in [0.5, 0.6) is 0 Å². The SMILES string of the molecule is CCOC(=O)c1scc2c1CCCC2.NO. The number of hydrogen-bond donors (Lipinski definition) is 2. The molecule has 0 atom stereocenters. The van der Waals surface area contributed by atoms with Gasteiger partial charge in [-0.2, -0.15) is 0 Å². The second kappa shape index (κ2) is 6.62. The lowest BCUT2D eigenvalue weighted by atomic mass is 9.94. The van der Waals surface area contributed by atoms with Gasteiger partial charge in [0.15, 0.2) is 0 Å². The van der Waals surface area contributed by atoms with Crippen LogP contribution in [-0.2, 0) is 17.6 Å². The van der Waals surface area contributed by atoms with E-state index in [9.17, 15) is 4.79 Å². The summed E-state index contributed by atoms with van der Waals surface area (Å²) in [5.74, 6) is 3.36. The minimum absolute atomic E-state index is 0.138. The summed E-state index contributed by atoms with van der Waals surface area (Å²) in [6, 6.07) is 0. The van der Waals surface area contributed by atoms with E-state index in [-0.39, 0.29) is 5.97 Å². The van der Waals surface area contributed by atoms with Gasteiger partial charge in [-0.3, -0.25) is 0 Å². The second-order valence-corrected chi connectivity index (χ2v) is 4.38. The first-order valence-electron chi connectivity index (χ1n) is 5.35. The molecule has 16 heavy (non-hydrogen) atoms. The molecular weight excluding hydrogens is 226 g/mol. The van der Waals surface area contributed by atoms with Crippen molar-refractivity contribution in [2.75, 3.05) is 6.61 Å². The maximum atomic E-state index is 11.6. The lowest BCUT2D eigenvalue weighted by Gasteiger charge is -2.11. The molecule has 1 aromatic rings. The first-order valence-corrected chi connectivity index (χ1v) is 6.23. The van der Waals surface area contributed by atoms with Gasteiger partial charge in [0.25, 0.3) is 0 Å². The van der Waals surface area contributed by atoms with Gasteiger partial charge in [-0.25, -0.2) is 10.7 Å². The zero-order valence-electron chi connectivity index (χ0n) is 9.36. The monoisotopic (exact) mass is 243 g/mol. The van der Waals surface area contributed by atoms with Gasteiger partial charge in [-0.15, -0.1) is 11.3 Å². The second-order valence-electron chi connectivity index (χ2n) is 3.50. The zero-order valence-corrected chi connectivity index (χ0v) is 10.2. The third-order valence-electron chi connectivity index (χ3n) is 2.56. The molecule has 1 heterocycles. The van der Waals surface area contributed by atoms with Gasteiger partial charge in [-0.1, -0.05) is 0 Å². The van der Waals surface area contributed by atoms with Crippen molar-refractivity contribution in [2.24, 2.45) is 5.90 Å². The van der Waals surface area contributed by atoms with Crippen LogP contribution in [0.15, 0.2) is 5.38 Å². The van der Waals surface area contributed by atoms with Crippen LogP contribution in [0.3, 0.4) is 0 Å². The van der Waals surface area contributed by atoms with Crippen molar-refractivity contribution in [1.82, 2.24) is 0 Å². The molecule has 0 amide bonds. The predicted octanol–water partition coefficient (Wildman–Crippen LogP) is 2.14. The molecule has 0 fully saturated rings. The quantitative estimate of drug-likeness (QED) is 0.616. The molecule has 0 saturated carbocycles. The molecule has 90 valence electrons. The van der Waals surface area contributed by atoms with Crippen molar-refractivity contribution >= 4 is 17.3 Å². The Kier molecular flexibility index (Phi) is 5.45. The van der Waals surface area contributed by atoms with Crippen LogP contribution < -0.4 is 5.90 Å². The molecule has 0 aromatic carbocycles. The van der Waals surface area contributed by atoms with Crippen LogP contribution in [0.1, 0.15) is 40.6 Å². The van der Waals surface area contributed by atoms with Gasteiger partial charge >= 0.3 is 5.97 Å². The van der Waals surface area contributed by atoms with Gasteiger partial charge in [0, 0.05) is 0 Å². The van der Waals surface area contributed by atoms with E-state index in [1.165, 1.54) is 35.3 Å². The van der Waals surface area contributed by atoms with Gasteiger partial charge in [0.05, 0.1) is 6.61 Å². The Balaban J connectivity index is 0.000000606. The molecule has 0 bridgehead atoms. The number of carbonyl (C=O) groups excluding carboxylic acids is 1. The highest BCUT2D eigenvalue weighted by molar-refractivity contribution is 7.12. The molecule has 5 heteroatoms. The van der Waals surface area contributed by atoms with E-state index in [0.29, 0.717) is 6.61 Å². The molecule has 2 rings (SSSR count). The highest BCUT2D eigenvalue weighted by Crippen LogP contribution is 2.30. The number of rotatable bonds is 2. The van der Waals surface area contributed by atoms with Crippen molar-refractivity contribution in [1.29, 1.82) is 0 Å². The molecule has 0 radical (unpaired) electrons. The van der Waals surface area contributed by atoms with Gasteiger partial charge in [0.1, 0.15) is 4.88 Å². The average molecular weight is 243 g/mol. The van der Waals surface area contributed by atoms with Gasteiger partial charge < -0.3 is 9.94 Å². The molecule has 4 nitrogen and oxygen atoms in total. The fourth-order valence-electron chi connectivity index (χ4n) is 1.89. The van der Waals surface area contributed by atoms with Crippen molar-refractivity contribution in [3.05, 3.63) is 21.4 Å². The Morgan fingerprint density at radius 1 is 1.50 bits per heavy atom. The summed E-state index contributed by atoms with van der Waals surface area (Å²) in [5, 5.41) is 8.61. The Labute approximate surface area is 99.0 Å². The summed E-state index contributed by atoms with van der Waals surface area (Å²) < 4.78 is 5.02. The molecule has 0 aliphatic heterocycles. The van der Waals surface area contributed by atoms with Crippen molar-refractivity contribution in [3.63, 3.8) is 0 Å². The van der Waals surface area contributed by atoms with E-state index in [1.807, 2.05) is 6.92 Å². The third-order valence-corrected chi connectivity index (χ3v) is 3.62. The molecular formula is C11H17NO3S. The number of fused-ring (bicyclic) bond motifs is 1. The lowest BCUT2D eigenvalue weighted by molar-refractivity contribution is 0.0530. The Morgan fingerprint density at radius 3 is 2.88 bits per heavy atom. The fraction of sp³-hybridized carbons (Fsp3) is 0.545. The predicted molar refractivity (Wildman–Crippen MR) is 62.9 cm³/mol. The maximum Gasteiger partial charge on any atom is 0.348 e. The first-order chi connectivity index (χ1) is 7.83. The zero-order chi connectivity index (χ0) is 12.0. The van der Waals surface area contributed by atoms with Crippen LogP contribution in [0, 0.1) is 0 Å². The normalized spacial score (nSPS) is 13.4. The Hall–Kier alpha value is -0.910. The van der Waals surface area contributed by atoms with E-state index in [4.69, 9.17) is 9.94 Å². The Bertz CT molecular complexity index is 349. The minimum Gasteiger partial charge on any atom is -0.462 e. The first kappa shape index (κ1) is 13.2. The lowest BCUT2D eigenvalue weighted by Crippen LogP contribution is -2.08. The summed E-state index contributed by atoms with van der Waals surface area (Å²) in [6.07, 6.45) is 4.64. The number of hydrogen-bond acceptors (Lipinski definition) is 5. The summed E-state index contributed by atoms with van der Waals surface area (Å²) in [4.78, 5) is 12.4. The molecule has 3 N–H and O–H groups in total. The van der Waals surface area contributed by atoms with Crippen LogP contribution in [0.25, 0.3) is 0 Å². The number of ether oxygens (including phenoxy) is 1. The van der Waals surface area contributed by atoms with E-state index in [2.05, 4.69) is 11.3 Å². The Morgan fingerprint density at radius 2 is 2.19 bits per heavy atom. The highest BCUT2D eigenvalue weighted by Gasteiger charge is 2.20. The standard InChI is InChI=1S/C11H14O2S.H3NO/c1-2-13-11(12)10-9-6-4-3-5-8(9)7-14-10;1-2/h7H,2-6H2,1H3;2H,1H2. The summed E-state index contributed by atoms with van der Waals surface area (Å²) in [5.41, 5.74) is 2.61. The molecule has 0 spiro atoms. The number of aryl methyl sites for hydroxylation is 1. The molecule has 1 aliphatic rings. The third kappa shape index (κ3) is 2.81. The van der Waals surface area contributed by atoms with E-state index in [0.717, 1.165) is 17.7 Å². The largest absolute Gasteiger partial charge is 0.462 e. The van der Waals surface area contributed by atoms with E-state index in [1.54, 1.807) is 0 Å². The fourth-order valence-corrected chi connectivity index (χ4v) is 2.94. The topological polar surface area (TPSA) is 72.5 Å². The van der Waals surface area contributed by atoms with Crippen LogP contribution >= 0.6 is 11.3 Å². The molecule has 1 aliphatic carbocycles.